The molecule has 22 heavy (non-hydrogen) atoms. The summed E-state index contributed by atoms with van der Waals surface area (Å²) in [7, 11) is 0. The summed E-state index contributed by atoms with van der Waals surface area (Å²) in [5.74, 6) is -0.148. The lowest BCUT2D eigenvalue weighted by atomic mass is 9.97. The maximum Gasteiger partial charge on any atom is 0.251 e. The Morgan fingerprint density at radius 1 is 1.18 bits per heavy atom. The Hall–Kier alpha value is -1.20. The van der Waals surface area contributed by atoms with Gasteiger partial charge in [0.05, 0.1) is 18.2 Å². The van der Waals surface area contributed by atoms with Gasteiger partial charge in [-0.1, -0.05) is 29.3 Å². The molecule has 0 unspecified atom stereocenters. The van der Waals surface area contributed by atoms with E-state index >= 15 is 0 Å². The topological polar surface area (TPSA) is 40.6 Å². The highest BCUT2D eigenvalue weighted by molar-refractivity contribution is 9.10. The molecule has 2 saturated heterocycles. The highest BCUT2D eigenvalue weighted by Crippen LogP contribution is 2.31. The van der Waals surface area contributed by atoms with Crippen molar-refractivity contribution >= 4 is 33.4 Å². The zero-order chi connectivity index (χ0) is 15.7. The Morgan fingerprint density at radius 2 is 1.91 bits per heavy atom. The Labute approximate surface area is 139 Å². The molecule has 2 aliphatic heterocycles. The van der Waals surface area contributed by atoms with Crippen molar-refractivity contribution in [3.05, 3.63) is 28.7 Å². The van der Waals surface area contributed by atoms with Crippen LogP contribution in [0, 0.1) is 0 Å². The minimum Gasteiger partial charge on any atom is -0.289 e. The summed E-state index contributed by atoms with van der Waals surface area (Å²) >= 11 is 3.38. The Kier molecular flexibility index (Phi) is 4.64. The normalized spacial score (nSPS) is 26.7. The van der Waals surface area contributed by atoms with E-state index in [4.69, 9.17) is 0 Å². The molecule has 4 nitrogen and oxygen atoms in total. The van der Waals surface area contributed by atoms with Gasteiger partial charge in [-0.2, -0.15) is 0 Å². The molecule has 1 aromatic rings. The van der Waals surface area contributed by atoms with Crippen molar-refractivity contribution in [2.75, 3.05) is 11.4 Å². The van der Waals surface area contributed by atoms with E-state index < -0.39 is 0 Å². The number of anilines is 1. The number of benzene rings is 1. The first-order chi connectivity index (χ1) is 10.6. The van der Waals surface area contributed by atoms with Crippen molar-refractivity contribution in [2.45, 2.75) is 51.1 Å². The first kappa shape index (κ1) is 15.7. The number of halogens is 1. The van der Waals surface area contributed by atoms with Crippen LogP contribution in [0.1, 0.15) is 39.0 Å². The number of likely N-dealkylation sites (tertiary alicyclic amines) is 1. The Morgan fingerprint density at radius 3 is 2.59 bits per heavy atom. The van der Waals surface area contributed by atoms with Gasteiger partial charge in [-0.05, 0) is 50.1 Å². The largest absolute Gasteiger partial charge is 0.289 e. The summed E-state index contributed by atoms with van der Waals surface area (Å²) in [6.45, 7) is 3.09. The quantitative estimate of drug-likeness (QED) is 0.772. The number of rotatable bonds is 3. The van der Waals surface area contributed by atoms with Crippen LogP contribution >= 0.6 is 15.9 Å². The van der Waals surface area contributed by atoms with Crippen LogP contribution in [0.2, 0.25) is 0 Å². The zero-order valence-corrected chi connectivity index (χ0v) is 14.4. The lowest BCUT2D eigenvalue weighted by Crippen LogP contribution is -2.49. The van der Waals surface area contributed by atoms with Crippen molar-refractivity contribution in [1.82, 2.24) is 4.90 Å². The molecule has 0 spiro atoms. The van der Waals surface area contributed by atoms with Crippen LogP contribution in [0.15, 0.2) is 28.7 Å². The minimum atomic E-state index is -0.276. The van der Waals surface area contributed by atoms with Crippen LogP contribution in [-0.2, 0) is 9.59 Å². The van der Waals surface area contributed by atoms with Crippen molar-refractivity contribution in [1.29, 1.82) is 0 Å². The van der Waals surface area contributed by atoms with Crippen molar-refractivity contribution in [3.8, 4) is 0 Å². The van der Waals surface area contributed by atoms with Crippen LogP contribution in [0.3, 0.4) is 0 Å². The fourth-order valence-corrected chi connectivity index (χ4v) is 3.87. The van der Waals surface area contributed by atoms with Gasteiger partial charge in [0.1, 0.15) is 0 Å². The summed E-state index contributed by atoms with van der Waals surface area (Å²) < 4.78 is 0.939. The molecule has 1 aromatic carbocycles. The minimum absolute atomic E-state index is 0.0623. The molecular formula is C17H21BrN2O2. The van der Waals surface area contributed by atoms with Crippen LogP contribution in [0.5, 0.6) is 0 Å². The maximum absolute atomic E-state index is 12.8. The van der Waals surface area contributed by atoms with Crippen LogP contribution in [0.4, 0.5) is 5.69 Å². The second kappa shape index (κ2) is 6.50. The molecule has 0 aromatic heterocycles. The standard InChI is InChI=1S/C17H21BrN2O2/c1-2-13-5-3-4-10-19(13)15-11-16(21)20(17(15)22)14-8-6-12(18)7-9-14/h6-9,13,15H,2-5,10-11H2,1H3/t13-,15-/m1/s1. The van der Waals surface area contributed by atoms with E-state index in [0.717, 1.165) is 30.3 Å². The predicted molar refractivity (Wildman–Crippen MR) is 89.7 cm³/mol. The van der Waals surface area contributed by atoms with E-state index in [1.165, 1.54) is 11.3 Å². The first-order valence-electron chi connectivity index (χ1n) is 8.00. The predicted octanol–water partition coefficient (Wildman–Crippen LogP) is 3.35. The number of hydrogen-bond acceptors (Lipinski definition) is 3. The van der Waals surface area contributed by atoms with E-state index in [1.54, 1.807) is 0 Å². The fourth-order valence-electron chi connectivity index (χ4n) is 3.61. The number of hydrogen-bond donors (Lipinski definition) is 0. The summed E-state index contributed by atoms with van der Waals surface area (Å²) in [5, 5.41) is 0. The van der Waals surface area contributed by atoms with Crippen LogP contribution in [0.25, 0.3) is 0 Å². The van der Waals surface area contributed by atoms with E-state index in [9.17, 15) is 9.59 Å². The SMILES string of the molecule is CC[C@@H]1CCCCN1[C@@H]1CC(=O)N(c2ccc(Br)cc2)C1=O. The Bertz CT molecular complexity index is 573. The van der Waals surface area contributed by atoms with E-state index in [1.807, 2.05) is 24.3 Å². The average Bonchev–Trinajstić information content (AvgIpc) is 2.83. The smallest absolute Gasteiger partial charge is 0.251 e. The summed E-state index contributed by atoms with van der Waals surface area (Å²) in [6.07, 6.45) is 4.82. The summed E-state index contributed by atoms with van der Waals surface area (Å²) in [5.41, 5.74) is 0.672. The van der Waals surface area contributed by atoms with Gasteiger partial charge in [-0.3, -0.25) is 14.5 Å². The molecule has 2 amide bonds. The number of carbonyl (C=O) groups is 2. The lowest BCUT2D eigenvalue weighted by molar-refractivity contribution is -0.123. The van der Waals surface area contributed by atoms with Gasteiger partial charge in [0.2, 0.25) is 5.91 Å². The number of imide groups is 1. The lowest BCUT2D eigenvalue weighted by Gasteiger charge is -2.38. The number of carbonyl (C=O) groups excluding carboxylic acids is 2. The molecule has 118 valence electrons. The second-order valence-corrected chi connectivity index (χ2v) is 6.98. The molecule has 2 heterocycles. The van der Waals surface area contributed by atoms with Crippen LogP contribution in [-0.4, -0.2) is 35.3 Å². The third-order valence-corrected chi connectivity index (χ3v) is 5.28. The second-order valence-electron chi connectivity index (χ2n) is 6.06. The molecule has 2 atom stereocenters. The Balaban J connectivity index is 1.83. The van der Waals surface area contributed by atoms with Gasteiger partial charge in [-0.15, -0.1) is 0 Å². The summed E-state index contributed by atoms with van der Waals surface area (Å²) in [4.78, 5) is 28.8. The van der Waals surface area contributed by atoms with Crippen molar-refractivity contribution < 1.29 is 9.59 Å². The van der Waals surface area contributed by atoms with Gasteiger partial charge in [0.25, 0.3) is 5.91 Å². The summed E-state index contributed by atoms with van der Waals surface area (Å²) in [6, 6.07) is 7.51. The third-order valence-electron chi connectivity index (χ3n) is 4.75. The van der Waals surface area contributed by atoms with E-state index in [0.29, 0.717) is 18.2 Å². The molecule has 0 saturated carbocycles. The molecule has 2 aliphatic rings. The molecular weight excluding hydrogens is 344 g/mol. The zero-order valence-electron chi connectivity index (χ0n) is 12.8. The monoisotopic (exact) mass is 364 g/mol. The van der Waals surface area contributed by atoms with Crippen molar-refractivity contribution in [2.24, 2.45) is 0 Å². The van der Waals surface area contributed by atoms with Gasteiger partial charge in [0, 0.05) is 10.5 Å². The van der Waals surface area contributed by atoms with E-state index in [-0.39, 0.29) is 17.9 Å². The molecule has 5 heteroatoms. The number of nitrogens with zero attached hydrogens (tertiary/aromatic N) is 2. The maximum atomic E-state index is 12.8. The van der Waals surface area contributed by atoms with Gasteiger partial charge >= 0.3 is 0 Å². The highest BCUT2D eigenvalue weighted by atomic mass is 79.9. The fraction of sp³-hybridized carbons (Fsp3) is 0.529. The first-order valence-corrected chi connectivity index (χ1v) is 8.79. The molecule has 0 radical (unpaired) electrons. The molecule has 0 bridgehead atoms. The molecule has 3 rings (SSSR count). The number of amides is 2. The van der Waals surface area contributed by atoms with Crippen molar-refractivity contribution in [3.63, 3.8) is 0 Å². The van der Waals surface area contributed by atoms with Crippen LogP contribution < -0.4 is 4.90 Å². The van der Waals surface area contributed by atoms with Gasteiger partial charge in [-0.25, -0.2) is 4.90 Å². The highest BCUT2D eigenvalue weighted by Gasteiger charge is 2.44. The molecule has 0 N–H and O–H groups in total. The average molecular weight is 365 g/mol. The molecule has 2 fully saturated rings. The van der Waals surface area contributed by atoms with Gasteiger partial charge < -0.3 is 0 Å². The molecule has 0 aliphatic carbocycles. The third kappa shape index (κ3) is 2.84. The van der Waals surface area contributed by atoms with Gasteiger partial charge in [0.15, 0.2) is 0 Å². The van der Waals surface area contributed by atoms with E-state index in [2.05, 4.69) is 27.8 Å². The number of piperidine rings is 1.